The smallest absolute Gasteiger partial charge is 0.408 e. The number of carbonyl (C=O) groups excluding carboxylic acids is 1. The van der Waals surface area contributed by atoms with Crippen molar-refractivity contribution in [2.75, 3.05) is 0 Å². The molecule has 6 heteroatoms. The number of aliphatic carboxylic acids is 1. The van der Waals surface area contributed by atoms with Gasteiger partial charge in [-0.3, -0.25) is 0 Å². The van der Waals surface area contributed by atoms with Crippen molar-refractivity contribution in [3.63, 3.8) is 0 Å². The number of allylic oxidation sites excluding steroid dienone is 2. The van der Waals surface area contributed by atoms with Gasteiger partial charge in [0.2, 0.25) is 0 Å². The predicted molar refractivity (Wildman–Crippen MR) is 82.3 cm³/mol. The Kier molecular flexibility index (Phi) is 6.44. The third-order valence-electron chi connectivity index (χ3n) is 2.41. The minimum absolute atomic E-state index is 0.150. The third kappa shape index (κ3) is 7.33. The number of ether oxygens (including phenoxy) is 1. The Morgan fingerprint density at radius 2 is 2.14 bits per heavy atom. The number of nitrogens with one attached hydrogen (secondary N) is 1. The molecule has 0 fully saturated rings. The Hall–Kier alpha value is -2.50. The molecule has 0 saturated carbocycles. The summed E-state index contributed by atoms with van der Waals surface area (Å²) in [4.78, 5) is 22.7. The minimum Gasteiger partial charge on any atom is -0.480 e. The first-order valence-corrected chi connectivity index (χ1v) is 6.87. The number of carboxylic acid groups (broad SMARTS) is 1. The number of carboxylic acids is 1. The van der Waals surface area contributed by atoms with Crippen LogP contribution in [-0.2, 0) is 9.53 Å². The monoisotopic (exact) mass is 307 g/mol. The van der Waals surface area contributed by atoms with E-state index < -0.39 is 23.7 Å². The molecule has 1 rings (SSSR count). The maximum Gasteiger partial charge on any atom is 0.408 e. The molecule has 0 bridgehead atoms. The van der Waals surface area contributed by atoms with Crippen molar-refractivity contribution in [2.45, 2.75) is 38.8 Å². The Bertz CT molecular complexity index is 537. The van der Waals surface area contributed by atoms with Gasteiger partial charge in [-0.2, -0.15) is 0 Å². The highest BCUT2D eigenvalue weighted by Gasteiger charge is 2.22. The number of amides is 1. The van der Waals surface area contributed by atoms with Gasteiger partial charge in [0.05, 0.1) is 6.26 Å². The van der Waals surface area contributed by atoms with E-state index in [-0.39, 0.29) is 6.42 Å². The van der Waals surface area contributed by atoms with E-state index in [0.717, 1.165) is 0 Å². The summed E-state index contributed by atoms with van der Waals surface area (Å²) in [6.45, 7) is 5.13. The maximum atomic E-state index is 11.6. The lowest BCUT2D eigenvalue weighted by Crippen LogP contribution is -2.43. The first-order chi connectivity index (χ1) is 10.3. The summed E-state index contributed by atoms with van der Waals surface area (Å²) >= 11 is 0. The van der Waals surface area contributed by atoms with Crippen molar-refractivity contribution in [1.82, 2.24) is 5.32 Å². The van der Waals surface area contributed by atoms with Crippen molar-refractivity contribution >= 4 is 18.1 Å². The summed E-state index contributed by atoms with van der Waals surface area (Å²) in [5, 5.41) is 11.4. The van der Waals surface area contributed by atoms with Crippen LogP contribution in [0, 0.1) is 0 Å². The van der Waals surface area contributed by atoms with Gasteiger partial charge in [-0.05, 0) is 45.4 Å². The fourth-order valence-corrected chi connectivity index (χ4v) is 1.50. The van der Waals surface area contributed by atoms with Gasteiger partial charge in [0.25, 0.3) is 0 Å². The lowest BCUT2D eigenvalue weighted by molar-refractivity contribution is -0.139. The highest BCUT2D eigenvalue weighted by molar-refractivity contribution is 5.80. The third-order valence-corrected chi connectivity index (χ3v) is 2.41. The van der Waals surface area contributed by atoms with Crippen LogP contribution >= 0.6 is 0 Å². The number of alkyl carbamates (subject to hydrolysis) is 1. The van der Waals surface area contributed by atoms with Crippen LogP contribution in [0.25, 0.3) is 6.08 Å². The largest absolute Gasteiger partial charge is 0.480 e. The van der Waals surface area contributed by atoms with Crippen molar-refractivity contribution < 1.29 is 23.8 Å². The first kappa shape index (κ1) is 17.6. The Morgan fingerprint density at radius 1 is 1.41 bits per heavy atom. The minimum atomic E-state index is -1.12. The van der Waals surface area contributed by atoms with Crippen LogP contribution in [0.1, 0.15) is 33.0 Å². The fraction of sp³-hybridized carbons (Fsp3) is 0.375. The molecule has 1 unspecified atom stereocenters. The number of hydrogen-bond donors (Lipinski definition) is 2. The normalized spacial score (nSPS) is 13.4. The molecule has 22 heavy (non-hydrogen) atoms. The molecule has 1 heterocycles. The molecular weight excluding hydrogens is 286 g/mol. The van der Waals surface area contributed by atoms with E-state index in [9.17, 15) is 9.59 Å². The maximum absolute atomic E-state index is 11.6. The van der Waals surface area contributed by atoms with Crippen LogP contribution in [-0.4, -0.2) is 28.8 Å². The number of hydrogen-bond acceptors (Lipinski definition) is 4. The molecule has 0 spiro atoms. The van der Waals surface area contributed by atoms with E-state index in [4.69, 9.17) is 14.3 Å². The summed E-state index contributed by atoms with van der Waals surface area (Å²) in [5.41, 5.74) is -0.672. The van der Waals surface area contributed by atoms with E-state index in [2.05, 4.69) is 5.32 Å². The Balaban J connectivity index is 2.47. The molecule has 1 aromatic heterocycles. The second-order valence-electron chi connectivity index (χ2n) is 5.58. The van der Waals surface area contributed by atoms with Crippen LogP contribution < -0.4 is 5.32 Å². The molecule has 1 aromatic rings. The zero-order chi connectivity index (χ0) is 16.6. The van der Waals surface area contributed by atoms with Gasteiger partial charge in [-0.1, -0.05) is 18.2 Å². The van der Waals surface area contributed by atoms with Gasteiger partial charge in [-0.15, -0.1) is 0 Å². The van der Waals surface area contributed by atoms with Gasteiger partial charge in [-0.25, -0.2) is 9.59 Å². The van der Waals surface area contributed by atoms with Crippen LogP contribution in [0.5, 0.6) is 0 Å². The molecule has 0 saturated heterocycles. The second kappa shape index (κ2) is 8.07. The van der Waals surface area contributed by atoms with Gasteiger partial charge in [0, 0.05) is 0 Å². The van der Waals surface area contributed by atoms with Gasteiger partial charge in [0.15, 0.2) is 0 Å². The fourth-order valence-electron chi connectivity index (χ4n) is 1.50. The average Bonchev–Trinajstić information content (AvgIpc) is 2.87. The highest BCUT2D eigenvalue weighted by atomic mass is 16.6. The van der Waals surface area contributed by atoms with Crippen molar-refractivity contribution in [3.05, 3.63) is 42.4 Å². The van der Waals surface area contributed by atoms with Gasteiger partial charge < -0.3 is 19.6 Å². The van der Waals surface area contributed by atoms with Crippen molar-refractivity contribution in [1.29, 1.82) is 0 Å². The van der Waals surface area contributed by atoms with E-state index >= 15 is 0 Å². The molecule has 0 aliphatic rings. The zero-order valence-electron chi connectivity index (χ0n) is 12.9. The van der Waals surface area contributed by atoms with Gasteiger partial charge >= 0.3 is 12.1 Å². The molecule has 0 aliphatic carbocycles. The summed E-state index contributed by atoms with van der Waals surface area (Å²) in [6, 6.07) is 2.53. The second-order valence-corrected chi connectivity index (χ2v) is 5.58. The summed E-state index contributed by atoms with van der Waals surface area (Å²) in [6.07, 6.45) is 7.77. The van der Waals surface area contributed by atoms with Crippen molar-refractivity contribution in [2.24, 2.45) is 0 Å². The van der Waals surface area contributed by atoms with Crippen LogP contribution in [0.15, 0.2) is 41.0 Å². The molecule has 0 aliphatic heterocycles. The zero-order valence-corrected chi connectivity index (χ0v) is 12.9. The summed E-state index contributed by atoms with van der Waals surface area (Å²) in [5.74, 6) is -0.420. The quantitative estimate of drug-likeness (QED) is 0.788. The van der Waals surface area contributed by atoms with Crippen LogP contribution in [0.4, 0.5) is 4.79 Å². The molecule has 0 radical (unpaired) electrons. The van der Waals surface area contributed by atoms with E-state index in [0.29, 0.717) is 5.76 Å². The highest BCUT2D eigenvalue weighted by Crippen LogP contribution is 2.07. The lowest BCUT2D eigenvalue weighted by Gasteiger charge is -2.21. The van der Waals surface area contributed by atoms with Crippen LogP contribution in [0.3, 0.4) is 0 Å². The standard InChI is InChI=1S/C16H21NO5/c1-16(2,3)22-15(20)17-13(14(18)19)10-6-4-5-8-12-9-7-11-21-12/h4-9,11,13H,10H2,1-3H3,(H,17,20)(H,18,19). The molecule has 1 amide bonds. The average molecular weight is 307 g/mol. The molecule has 0 aromatic carbocycles. The Labute approximate surface area is 129 Å². The summed E-state index contributed by atoms with van der Waals surface area (Å²) in [7, 11) is 0. The van der Waals surface area contributed by atoms with Crippen LogP contribution in [0.2, 0.25) is 0 Å². The SMILES string of the molecule is CC(C)(C)OC(=O)NC(CC=CC=Cc1ccco1)C(=O)O. The first-order valence-electron chi connectivity index (χ1n) is 6.87. The Morgan fingerprint density at radius 3 is 2.68 bits per heavy atom. The number of carbonyl (C=O) groups is 2. The molecule has 1 atom stereocenters. The van der Waals surface area contributed by atoms with Gasteiger partial charge in [0.1, 0.15) is 17.4 Å². The van der Waals surface area contributed by atoms with E-state index in [1.807, 2.05) is 0 Å². The molecule has 2 N–H and O–H groups in total. The van der Waals surface area contributed by atoms with E-state index in [1.54, 1.807) is 63.5 Å². The lowest BCUT2D eigenvalue weighted by atomic mass is 10.2. The number of furan rings is 1. The summed E-state index contributed by atoms with van der Waals surface area (Å²) < 4.78 is 10.1. The molecule has 6 nitrogen and oxygen atoms in total. The number of rotatable bonds is 6. The topological polar surface area (TPSA) is 88.8 Å². The van der Waals surface area contributed by atoms with Crippen molar-refractivity contribution in [3.8, 4) is 0 Å². The molecule has 120 valence electrons. The van der Waals surface area contributed by atoms with E-state index in [1.165, 1.54) is 0 Å². The molecular formula is C16H21NO5. The predicted octanol–water partition coefficient (Wildman–Crippen LogP) is 3.22.